The molecule has 16 heavy (non-hydrogen) atoms. The Hall–Kier alpha value is -1.32. The summed E-state index contributed by atoms with van der Waals surface area (Å²) < 4.78 is 1.98. The molecule has 1 heterocycles. The van der Waals surface area contributed by atoms with E-state index in [1.54, 1.807) is 6.33 Å². The quantitative estimate of drug-likeness (QED) is 0.690. The highest BCUT2D eigenvalue weighted by molar-refractivity contribution is 5.69. The average molecular weight is 224 g/mol. The van der Waals surface area contributed by atoms with E-state index < -0.39 is 5.97 Å². The van der Waals surface area contributed by atoms with Crippen molar-refractivity contribution in [1.29, 1.82) is 0 Å². The zero-order valence-electron chi connectivity index (χ0n) is 9.85. The zero-order chi connectivity index (χ0) is 11.8. The number of hydrogen-bond donors (Lipinski definition) is 1. The smallest absolute Gasteiger partial charge is 0.309 e. The first-order valence-electron chi connectivity index (χ1n) is 5.95. The van der Waals surface area contributed by atoms with Gasteiger partial charge in [-0.1, -0.05) is 32.6 Å². The first-order chi connectivity index (χ1) is 7.72. The van der Waals surface area contributed by atoms with Crippen molar-refractivity contribution in [3.63, 3.8) is 0 Å². The van der Waals surface area contributed by atoms with E-state index in [0.717, 1.165) is 13.0 Å². The third kappa shape index (κ3) is 4.96. The molecule has 0 saturated heterocycles. The molecular weight excluding hydrogens is 204 g/mol. The van der Waals surface area contributed by atoms with E-state index in [9.17, 15) is 4.79 Å². The van der Waals surface area contributed by atoms with Crippen LogP contribution in [0, 0.1) is 0 Å². The highest BCUT2D eigenvalue weighted by Crippen LogP contribution is 2.05. The summed E-state index contributed by atoms with van der Waals surface area (Å²) in [6.07, 6.45) is 9.78. The molecule has 1 aromatic rings. The Balaban J connectivity index is 2.21. The normalized spacial score (nSPS) is 10.6. The molecule has 4 heteroatoms. The van der Waals surface area contributed by atoms with Crippen LogP contribution in [-0.2, 0) is 17.8 Å². The monoisotopic (exact) mass is 224 g/mol. The molecule has 0 atom stereocenters. The topological polar surface area (TPSA) is 55.1 Å². The Kier molecular flexibility index (Phi) is 5.61. The van der Waals surface area contributed by atoms with Gasteiger partial charge >= 0.3 is 5.97 Å². The second-order valence-corrected chi connectivity index (χ2v) is 4.09. The van der Waals surface area contributed by atoms with Gasteiger partial charge in [0.05, 0.1) is 18.4 Å². The van der Waals surface area contributed by atoms with Crippen LogP contribution < -0.4 is 0 Å². The summed E-state index contributed by atoms with van der Waals surface area (Å²) in [6, 6.07) is 0. The standard InChI is InChI=1S/C12H20N2O2/c1-2-3-4-5-6-7-14-9-11(13-10-14)8-12(15)16/h9-10H,2-8H2,1H3,(H,15,16). The molecule has 0 spiro atoms. The number of carbonyl (C=O) groups is 1. The maximum Gasteiger partial charge on any atom is 0.309 e. The molecule has 0 amide bonds. The van der Waals surface area contributed by atoms with Crippen molar-refractivity contribution in [3.8, 4) is 0 Å². The third-order valence-corrected chi connectivity index (χ3v) is 2.54. The molecule has 0 fully saturated rings. The van der Waals surface area contributed by atoms with Crippen molar-refractivity contribution >= 4 is 5.97 Å². The van der Waals surface area contributed by atoms with E-state index in [2.05, 4.69) is 11.9 Å². The van der Waals surface area contributed by atoms with Gasteiger partial charge in [0.1, 0.15) is 0 Å². The Labute approximate surface area is 96.3 Å². The van der Waals surface area contributed by atoms with Gasteiger partial charge in [0.25, 0.3) is 0 Å². The number of aryl methyl sites for hydroxylation is 1. The minimum Gasteiger partial charge on any atom is -0.481 e. The Morgan fingerprint density at radius 3 is 2.81 bits per heavy atom. The van der Waals surface area contributed by atoms with E-state index in [0.29, 0.717) is 5.69 Å². The minimum absolute atomic E-state index is 0.0167. The van der Waals surface area contributed by atoms with Crippen LogP contribution in [0.2, 0.25) is 0 Å². The summed E-state index contributed by atoms with van der Waals surface area (Å²) in [4.78, 5) is 14.5. The lowest BCUT2D eigenvalue weighted by molar-refractivity contribution is -0.136. The van der Waals surface area contributed by atoms with Crippen molar-refractivity contribution in [2.45, 2.75) is 52.0 Å². The number of unbranched alkanes of at least 4 members (excludes halogenated alkanes) is 4. The second-order valence-electron chi connectivity index (χ2n) is 4.09. The predicted octanol–water partition coefficient (Wildman–Crippen LogP) is 2.48. The largest absolute Gasteiger partial charge is 0.481 e. The highest BCUT2D eigenvalue weighted by Gasteiger charge is 2.03. The summed E-state index contributed by atoms with van der Waals surface area (Å²) in [5, 5.41) is 8.60. The van der Waals surface area contributed by atoms with E-state index in [-0.39, 0.29) is 6.42 Å². The van der Waals surface area contributed by atoms with Crippen molar-refractivity contribution in [1.82, 2.24) is 9.55 Å². The van der Waals surface area contributed by atoms with Gasteiger partial charge in [0.15, 0.2) is 0 Å². The SMILES string of the molecule is CCCCCCCn1cnc(CC(=O)O)c1. The molecule has 0 unspecified atom stereocenters. The Morgan fingerprint density at radius 2 is 2.12 bits per heavy atom. The number of carboxylic acid groups (broad SMARTS) is 1. The van der Waals surface area contributed by atoms with Crippen LogP contribution in [0.5, 0.6) is 0 Å². The van der Waals surface area contributed by atoms with Crippen molar-refractivity contribution < 1.29 is 9.90 Å². The molecule has 1 aromatic heterocycles. The molecule has 0 aliphatic rings. The van der Waals surface area contributed by atoms with Gasteiger partial charge in [-0.15, -0.1) is 0 Å². The van der Waals surface area contributed by atoms with E-state index in [4.69, 9.17) is 5.11 Å². The van der Waals surface area contributed by atoms with Gasteiger partial charge in [-0.25, -0.2) is 4.98 Å². The van der Waals surface area contributed by atoms with E-state index in [1.807, 2.05) is 10.8 Å². The minimum atomic E-state index is -0.826. The number of nitrogens with zero attached hydrogens (tertiary/aromatic N) is 2. The number of aliphatic carboxylic acids is 1. The van der Waals surface area contributed by atoms with Crippen LogP contribution in [0.3, 0.4) is 0 Å². The van der Waals surface area contributed by atoms with Gasteiger partial charge in [-0.3, -0.25) is 4.79 Å². The fraction of sp³-hybridized carbons (Fsp3) is 0.667. The number of rotatable bonds is 8. The molecule has 0 aliphatic carbocycles. The summed E-state index contributed by atoms with van der Waals surface area (Å²) in [6.45, 7) is 3.14. The van der Waals surface area contributed by atoms with Gasteiger partial charge in [-0.2, -0.15) is 0 Å². The van der Waals surface area contributed by atoms with Gasteiger partial charge < -0.3 is 9.67 Å². The van der Waals surface area contributed by atoms with Crippen LogP contribution in [0.15, 0.2) is 12.5 Å². The van der Waals surface area contributed by atoms with Gasteiger partial charge in [0, 0.05) is 12.7 Å². The Morgan fingerprint density at radius 1 is 1.38 bits per heavy atom. The molecule has 0 radical (unpaired) electrons. The second kappa shape index (κ2) is 7.04. The summed E-state index contributed by atoms with van der Waals surface area (Å²) in [5.41, 5.74) is 0.640. The third-order valence-electron chi connectivity index (χ3n) is 2.54. The lowest BCUT2D eigenvalue weighted by Gasteiger charge is -2.01. The predicted molar refractivity (Wildman–Crippen MR) is 62.3 cm³/mol. The van der Waals surface area contributed by atoms with Crippen LogP contribution >= 0.6 is 0 Å². The maximum atomic E-state index is 10.5. The average Bonchev–Trinajstić information content (AvgIpc) is 2.64. The fourth-order valence-electron chi connectivity index (χ4n) is 1.67. The lowest BCUT2D eigenvalue weighted by Crippen LogP contribution is -2.00. The molecule has 90 valence electrons. The van der Waals surface area contributed by atoms with Crippen LogP contribution in [-0.4, -0.2) is 20.6 Å². The molecule has 4 nitrogen and oxygen atoms in total. The Bertz CT molecular complexity index is 321. The summed E-state index contributed by atoms with van der Waals surface area (Å²) >= 11 is 0. The molecule has 0 saturated carbocycles. The number of imidazole rings is 1. The van der Waals surface area contributed by atoms with Crippen molar-refractivity contribution in [2.75, 3.05) is 0 Å². The zero-order valence-corrected chi connectivity index (χ0v) is 9.85. The van der Waals surface area contributed by atoms with Crippen molar-refractivity contribution in [3.05, 3.63) is 18.2 Å². The van der Waals surface area contributed by atoms with E-state index in [1.165, 1.54) is 25.7 Å². The van der Waals surface area contributed by atoms with Crippen molar-refractivity contribution in [2.24, 2.45) is 0 Å². The molecular formula is C12H20N2O2. The highest BCUT2D eigenvalue weighted by atomic mass is 16.4. The molecule has 1 N–H and O–H groups in total. The first-order valence-corrected chi connectivity index (χ1v) is 5.95. The van der Waals surface area contributed by atoms with Gasteiger partial charge in [-0.05, 0) is 6.42 Å². The summed E-state index contributed by atoms with van der Waals surface area (Å²) in [7, 11) is 0. The molecule has 1 rings (SSSR count). The lowest BCUT2D eigenvalue weighted by atomic mass is 10.1. The number of carboxylic acids is 1. The van der Waals surface area contributed by atoms with E-state index >= 15 is 0 Å². The molecule has 0 aromatic carbocycles. The van der Waals surface area contributed by atoms with Crippen LogP contribution in [0.1, 0.15) is 44.7 Å². The van der Waals surface area contributed by atoms with Crippen LogP contribution in [0.25, 0.3) is 0 Å². The summed E-state index contributed by atoms with van der Waals surface area (Å²) in [5.74, 6) is -0.826. The number of aromatic nitrogens is 2. The molecule has 0 aliphatic heterocycles. The number of hydrogen-bond acceptors (Lipinski definition) is 2. The first kappa shape index (κ1) is 12.7. The van der Waals surface area contributed by atoms with Crippen LogP contribution in [0.4, 0.5) is 0 Å². The maximum absolute atomic E-state index is 10.5. The van der Waals surface area contributed by atoms with Gasteiger partial charge in [0.2, 0.25) is 0 Å². The molecule has 0 bridgehead atoms. The fourth-order valence-corrected chi connectivity index (χ4v) is 1.67.